The minimum absolute atomic E-state index is 0.359. The summed E-state index contributed by atoms with van der Waals surface area (Å²) < 4.78 is 96.4. The summed E-state index contributed by atoms with van der Waals surface area (Å²) in [6, 6.07) is 6.28. The summed E-state index contributed by atoms with van der Waals surface area (Å²) in [6.07, 6.45) is -1.33. The molecule has 0 radical (unpaired) electrons. The zero-order valence-electron chi connectivity index (χ0n) is 28.0. The highest BCUT2D eigenvalue weighted by Gasteiger charge is 2.23. The third kappa shape index (κ3) is 7.44. The van der Waals surface area contributed by atoms with Gasteiger partial charge in [0.05, 0.1) is 16.9 Å². The van der Waals surface area contributed by atoms with E-state index in [2.05, 4.69) is 0 Å². The van der Waals surface area contributed by atoms with Gasteiger partial charge in [0.1, 0.15) is 12.2 Å². The molecule has 0 bridgehead atoms. The summed E-state index contributed by atoms with van der Waals surface area (Å²) in [5.41, 5.74) is -3.62. The highest BCUT2D eigenvalue weighted by atomic mass is 16.6. The van der Waals surface area contributed by atoms with Crippen molar-refractivity contribution in [2.75, 3.05) is 6.50 Å². The number of benzene rings is 2. The molecule has 1 atom stereocenters. The molecule has 0 aliphatic rings. The normalized spacial score (nSPS) is 20.0. The lowest BCUT2D eigenvalue weighted by Gasteiger charge is -2.21. The van der Waals surface area contributed by atoms with Gasteiger partial charge in [-0.2, -0.15) is 0 Å². The van der Waals surface area contributed by atoms with E-state index in [1.807, 2.05) is 0 Å². The molecule has 2 aromatic carbocycles. The summed E-state index contributed by atoms with van der Waals surface area (Å²) in [5, 5.41) is 11.5. The van der Waals surface area contributed by atoms with Crippen LogP contribution in [-0.4, -0.2) is 35.2 Å². The summed E-state index contributed by atoms with van der Waals surface area (Å²) in [7, 11) is 0. The highest BCUT2D eigenvalue weighted by Crippen LogP contribution is 2.18. The minimum atomic E-state index is -3.24. The number of carbonyl (C=O) groups is 3. The van der Waals surface area contributed by atoms with Crippen molar-refractivity contribution < 1.29 is 44.0 Å². The van der Waals surface area contributed by atoms with E-state index in [9.17, 15) is 19.5 Å². The topological polar surface area (TPSA) is 102 Å². The Bertz CT molecular complexity index is 1350. The van der Waals surface area contributed by atoms with Gasteiger partial charge in [-0.15, -0.1) is 0 Å². The monoisotopic (exact) mass is 438 g/mol. The van der Waals surface area contributed by atoms with E-state index in [-0.39, 0.29) is 5.56 Å². The third-order valence-electron chi connectivity index (χ3n) is 3.58. The molecule has 0 heterocycles. The minimum Gasteiger partial charge on any atom is -0.481 e. The highest BCUT2D eigenvalue weighted by molar-refractivity contribution is 5.91. The number of rotatable bonds is 7. The fourth-order valence-electron chi connectivity index (χ4n) is 2.25. The van der Waals surface area contributed by atoms with Crippen molar-refractivity contribution in [3.05, 3.63) is 70.3 Å². The first-order chi connectivity index (χ1) is 18.7. The van der Waals surface area contributed by atoms with Crippen molar-refractivity contribution in [3.8, 4) is 0 Å². The molecule has 0 aromatic heterocycles. The van der Waals surface area contributed by atoms with Crippen molar-refractivity contribution in [1.82, 2.24) is 5.32 Å². The van der Waals surface area contributed by atoms with Crippen LogP contribution >= 0.6 is 0 Å². The Balaban J connectivity index is 2.42. The number of amides is 1. The van der Waals surface area contributed by atoms with Crippen LogP contribution in [0.2, 0.25) is 0 Å². The molecule has 2 N–H and O–H groups in total. The lowest BCUT2D eigenvalue weighted by molar-refractivity contribution is -0.138. The summed E-state index contributed by atoms with van der Waals surface area (Å²) in [5.74, 6) is -6.58. The number of alkyl carbamates (subject to hydrolysis) is 1. The van der Waals surface area contributed by atoms with Crippen LogP contribution in [0.3, 0.4) is 0 Å². The smallest absolute Gasteiger partial charge is 0.407 e. The number of aryl methyl sites for hydroxylation is 2. The molecule has 2 aromatic rings. The van der Waals surface area contributed by atoms with Crippen LogP contribution in [0.5, 0.6) is 0 Å². The Morgan fingerprint density at radius 2 is 1.87 bits per heavy atom. The quantitative estimate of drug-likeness (QED) is 0.623. The Labute approximate surface area is 197 Å². The number of carbonyl (C=O) groups excluding carboxylic acids is 2. The standard InChI is InChI=1S/C24H29NO6/c1-15-6-11-19(16(2)12-15)22(28)30-14-17-7-9-18(10-8-17)20(21(26)27)13-25-23(29)31-24(3,4)5/h6-12,20H,13-14H2,1-5H3,(H,25,29)(H,26,27)/t20-/m1/s1/i1D3,2D3,13D2,14D2,20D. The van der Waals surface area contributed by atoms with Crippen molar-refractivity contribution >= 4 is 18.0 Å². The first-order valence-electron chi connectivity index (χ1n) is 14.5. The second-order valence-electron chi connectivity index (χ2n) is 7.26. The maximum Gasteiger partial charge on any atom is 0.407 e. The van der Waals surface area contributed by atoms with Crippen molar-refractivity contribution in [2.24, 2.45) is 0 Å². The number of esters is 1. The molecule has 0 saturated carbocycles. The summed E-state index contributed by atoms with van der Waals surface area (Å²) >= 11 is 0. The van der Waals surface area contributed by atoms with Crippen LogP contribution in [0.1, 0.15) is 74.4 Å². The van der Waals surface area contributed by atoms with Gasteiger partial charge in [-0.05, 0) is 57.2 Å². The van der Waals surface area contributed by atoms with Crippen LogP contribution in [-0.2, 0) is 20.8 Å². The van der Waals surface area contributed by atoms with Gasteiger partial charge >= 0.3 is 18.0 Å². The number of ether oxygens (including phenoxy) is 2. The van der Waals surface area contributed by atoms with E-state index in [0.717, 1.165) is 42.5 Å². The molecule has 0 saturated heterocycles. The van der Waals surface area contributed by atoms with Gasteiger partial charge in [0.15, 0.2) is 0 Å². The van der Waals surface area contributed by atoms with Gasteiger partial charge in [-0.1, -0.05) is 42.0 Å². The number of hydrogen-bond donors (Lipinski definition) is 2. The van der Waals surface area contributed by atoms with Gasteiger partial charge in [0.25, 0.3) is 0 Å². The maximum atomic E-state index is 12.8. The van der Waals surface area contributed by atoms with E-state index >= 15 is 0 Å². The zero-order valence-corrected chi connectivity index (χ0v) is 17.0. The Morgan fingerprint density at radius 1 is 1.16 bits per heavy atom. The van der Waals surface area contributed by atoms with Crippen LogP contribution < -0.4 is 5.32 Å². The Morgan fingerprint density at radius 3 is 2.45 bits per heavy atom. The number of carboxylic acid groups (broad SMARTS) is 1. The van der Waals surface area contributed by atoms with Gasteiger partial charge in [0.2, 0.25) is 0 Å². The van der Waals surface area contributed by atoms with E-state index in [4.69, 9.17) is 24.6 Å². The van der Waals surface area contributed by atoms with Crippen LogP contribution in [0.4, 0.5) is 4.79 Å². The molecule has 0 fully saturated rings. The number of hydrogen-bond acceptors (Lipinski definition) is 5. The largest absolute Gasteiger partial charge is 0.481 e. The van der Waals surface area contributed by atoms with Crippen molar-refractivity contribution in [2.45, 2.75) is 52.5 Å². The second kappa shape index (κ2) is 10.1. The average molecular weight is 439 g/mol. The van der Waals surface area contributed by atoms with E-state index in [1.54, 1.807) is 5.32 Å². The Hall–Kier alpha value is -3.35. The first kappa shape index (κ1) is 12.5. The molecule has 31 heavy (non-hydrogen) atoms. The molecule has 0 aliphatic carbocycles. The van der Waals surface area contributed by atoms with Gasteiger partial charge in [-0.25, -0.2) is 9.59 Å². The van der Waals surface area contributed by atoms with Crippen LogP contribution in [0.25, 0.3) is 0 Å². The predicted octanol–water partition coefficient (Wildman–Crippen LogP) is 4.35. The molecule has 7 heteroatoms. The predicted molar refractivity (Wildman–Crippen MR) is 116 cm³/mol. The van der Waals surface area contributed by atoms with Crippen LogP contribution in [0.15, 0.2) is 42.5 Å². The number of aliphatic carboxylic acids is 1. The van der Waals surface area contributed by atoms with E-state index in [1.165, 1.54) is 20.8 Å². The average Bonchev–Trinajstić information content (AvgIpc) is 2.79. The SMILES string of the molecule is [2H]C([2H])([2H])c1ccc(C(=O)OC([2H])([2H])c2ccc([C@]([2H])(C(=O)O)C([2H])([2H])NC(=O)OC(C)(C)C)cc2)c(C([2H])([2H])[2H])c1. The molecule has 2 rings (SSSR count). The zero-order chi connectivity index (χ0) is 32.7. The first-order valence-corrected chi connectivity index (χ1v) is 8.96. The molecule has 1 amide bonds. The molecule has 7 nitrogen and oxygen atoms in total. The van der Waals surface area contributed by atoms with Crippen molar-refractivity contribution in [3.63, 3.8) is 0 Å². The molecular weight excluding hydrogens is 398 g/mol. The fourth-order valence-corrected chi connectivity index (χ4v) is 2.25. The Kier molecular flexibility index (Phi) is 4.07. The van der Waals surface area contributed by atoms with Crippen molar-refractivity contribution in [1.29, 1.82) is 0 Å². The lowest BCUT2D eigenvalue weighted by Crippen LogP contribution is -2.36. The summed E-state index contributed by atoms with van der Waals surface area (Å²) in [4.78, 5) is 37.0. The van der Waals surface area contributed by atoms with E-state index in [0.29, 0.717) is 0 Å². The molecule has 0 spiro atoms. The third-order valence-corrected chi connectivity index (χ3v) is 3.58. The van der Waals surface area contributed by atoms with Crippen LogP contribution in [0, 0.1) is 13.7 Å². The maximum absolute atomic E-state index is 12.8. The second-order valence-corrected chi connectivity index (χ2v) is 7.26. The van der Waals surface area contributed by atoms with E-state index < -0.39 is 78.5 Å². The van der Waals surface area contributed by atoms with Gasteiger partial charge in [-0.3, -0.25) is 4.79 Å². The molecule has 166 valence electrons. The fraction of sp³-hybridized carbons (Fsp3) is 0.375. The molecular formula is C24H29NO6. The molecule has 0 unspecified atom stereocenters. The summed E-state index contributed by atoms with van der Waals surface area (Å²) in [6.45, 7) is -7.35. The lowest BCUT2D eigenvalue weighted by atomic mass is 9.98. The van der Waals surface area contributed by atoms with Gasteiger partial charge in [0, 0.05) is 16.1 Å². The number of carboxylic acids is 1. The molecule has 0 aliphatic heterocycles. The number of nitrogens with one attached hydrogen (secondary N) is 1. The van der Waals surface area contributed by atoms with Gasteiger partial charge < -0.3 is 19.9 Å².